The van der Waals surface area contributed by atoms with Gasteiger partial charge in [-0.3, -0.25) is 0 Å². The SMILES string of the molecule is CCc1ccccc1C(=O)OC1CCCCO1. The van der Waals surface area contributed by atoms with Gasteiger partial charge in [0.05, 0.1) is 12.2 Å². The highest BCUT2D eigenvalue weighted by atomic mass is 16.7. The van der Waals surface area contributed by atoms with Crippen molar-refractivity contribution in [1.82, 2.24) is 0 Å². The van der Waals surface area contributed by atoms with E-state index in [0.29, 0.717) is 12.2 Å². The van der Waals surface area contributed by atoms with Crippen LogP contribution < -0.4 is 0 Å². The molecule has 0 saturated carbocycles. The average molecular weight is 234 g/mol. The number of benzene rings is 1. The molecule has 0 radical (unpaired) electrons. The summed E-state index contributed by atoms with van der Waals surface area (Å²) in [6.07, 6.45) is 3.39. The number of hydrogen-bond acceptors (Lipinski definition) is 3. The van der Waals surface area contributed by atoms with E-state index in [1.165, 1.54) is 0 Å². The van der Waals surface area contributed by atoms with Gasteiger partial charge in [0.25, 0.3) is 0 Å². The molecule has 17 heavy (non-hydrogen) atoms. The Kier molecular flexibility index (Phi) is 4.15. The topological polar surface area (TPSA) is 35.5 Å². The summed E-state index contributed by atoms with van der Waals surface area (Å²) >= 11 is 0. The van der Waals surface area contributed by atoms with Gasteiger partial charge >= 0.3 is 5.97 Å². The van der Waals surface area contributed by atoms with Crippen LogP contribution in [0.25, 0.3) is 0 Å². The Morgan fingerprint density at radius 2 is 2.24 bits per heavy atom. The van der Waals surface area contributed by atoms with Crippen LogP contribution >= 0.6 is 0 Å². The van der Waals surface area contributed by atoms with Crippen molar-refractivity contribution in [1.29, 1.82) is 0 Å². The van der Waals surface area contributed by atoms with Crippen LogP contribution in [0, 0.1) is 0 Å². The number of carbonyl (C=O) groups is 1. The first-order valence-corrected chi connectivity index (χ1v) is 6.21. The van der Waals surface area contributed by atoms with E-state index in [9.17, 15) is 4.79 Å². The summed E-state index contributed by atoms with van der Waals surface area (Å²) in [5.41, 5.74) is 1.68. The molecule has 92 valence electrons. The van der Waals surface area contributed by atoms with Gasteiger partial charge in [-0.15, -0.1) is 0 Å². The van der Waals surface area contributed by atoms with Crippen molar-refractivity contribution in [3.63, 3.8) is 0 Å². The third kappa shape index (κ3) is 3.07. The van der Waals surface area contributed by atoms with E-state index in [4.69, 9.17) is 9.47 Å². The monoisotopic (exact) mass is 234 g/mol. The predicted molar refractivity (Wildman–Crippen MR) is 64.8 cm³/mol. The van der Waals surface area contributed by atoms with E-state index in [1.807, 2.05) is 31.2 Å². The van der Waals surface area contributed by atoms with Crippen molar-refractivity contribution in [2.75, 3.05) is 6.61 Å². The molecule has 1 saturated heterocycles. The van der Waals surface area contributed by atoms with E-state index in [-0.39, 0.29) is 12.3 Å². The fourth-order valence-corrected chi connectivity index (χ4v) is 2.01. The third-order valence-electron chi connectivity index (χ3n) is 2.99. The molecule has 3 nitrogen and oxygen atoms in total. The Hall–Kier alpha value is -1.35. The van der Waals surface area contributed by atoms with Crippen LogP contribution in [-0.2, 0) is 15.9 Å². The summed E-state index contributed by atoms with van der Waals surface area (Å²) < 4.78 is 10.8. The Morgan fingerprint density at radius 3 is 2.94 bits per heavy atom. The molecule has 1 aliphatic rings. The molecule has 1 heterocycles. The Bertz CT molecular complexity index is 381. The fourth-order valence-electron chi connectivity index (χ4n) is 2.01. The lowest BCUT2D eigenvalue weighted by Crippen LogP contribution is -2.25. The normalized spacial score (nSPS) is 19.9. The summed E-state index contributed by atoms with van der Waals surface area (Å²) in [5.74, 6) is -0.269. The Morgan fingerprint density at radius 1 is 1.41 bits per heavy atom. The first kappa shape index (κ1) is 12.1. The number of aryl methyl sites for hydroxylation is 1. The second-order valence-corrected chi connectivity index (χ2v) is 4.21. The standard InChI is InChI=1S/C14H18O3/c1-2-11-7-3-4-8-12(11)14(15)17-13-9-5-6-10-16-13/h3-4,7-8,13H,2,5-6,9-10H2,1H3. The van der Waals surface area contributed by atoms with Gasteiger partial charge in [0.15, 0.2) is 0 Å². The van der Waals surface area contributed by atoms with Crippen molar-refractivity contribution < 1.29 is 14.3 Å². The number of hydrogen-bond donors (Lipinski definition) is 0. The minimum absolute atomic E-state index is 0.269. The maximum Gasteiger partial charge on any atom is 0.340 e. The van der Waals surface area contributed by atoms with Crippen LogP contribution in [0.4, 0.5) is 0 Å². The third-order valence-corrected chi connectivity index (χ3v) is 2.99. The first-order chi connectivity index (χ1) is 8.31. The molecule has 0 bridgehead atoms. The van der Waals surface area contributed by atoms with Gasteiger partial charge in [-0.25, -0.2) is 4.79 Å². The second kappa shape index (κ2) is 5.82. The molecule has 0 aliphatic carbocycles. The van der Waals surface area contributed by atoms with Gasteiger partial charge in [0, 0.05) is 6.42 Å². The molecule has 1 aromatic carbocycles. The number of ether oxygens (including phenoxy) is 2. The number of carbonyl (C=O) groups excluding carboxylic acids is 1. The smallest absolute Gasteiger partial charge is 0.340 e. The zero-order valence-corrected chi connectivity index (χ0v) is 10.1. The van der Waals surface area contributed by atoms with Crippen molar-refractivity contribution in [3.05, 3.63) is 35.4 Å². The summed E-state index contributed by atoms with van der Waals surface area (Å²) in [5, 5.41) is 0. The van der Waals surface area contributed by atoms with E-state index in [2.05, 4.69) is 0 Å². The van der Waals surface area contributed by atoms with Crippen LogP contribution in [0.15, 0.2) is 24.3 Å². The van der Waals surface area contributed by atoms with Gasteiger partial charge in [0.1, 0.15) is 0 Å². The molecular weight excluding hydrogens is 216 g/mol. The van der Waals surface area contributed by atoms with E-state index in [0.717, 1.165) is 31.2 Å². The molecule has 0 amide bonds. The zero-order valence-electron chi connectivity index (χ0n) is 10.1. The quantitative estimate of drug-likeness (QED) is 0.754. The maximum absolute atomic E-state index is 12.0. The summed E-state index contributed by atoms with van der Waals surface area (Å²) in [7, 11) is 0. The van der Waals surface area contributed by atoms with E-state index < -0.39 is 0 Å². The largest absolute Gasteiger partial charge is 0.432 e. The van der Waals surface area contributed by atoms with Gasteiger partial charge in [0.2, 0.25) is 6.29 Å². The molecular formula is C14H18O3. The molecule has 0 aromatic heterocycles. The molecule has 0 spiro atoms. The number of rotatable bonds is 3. The highest BCUT2D eigenvalue weighted by Gasteiger charge is 2.20. The predicted octanol–water partition coefficient (Wildman–Crippen LogP) is 2.93. The zero-order chi connectivity index (χ0) is 12.1. The molecule has 1 aromatic rings. The van der Waals surface area contributed by atoms with Crippen molar-refractivity contribution in [2.24, 2.45) is 0 Å². The second-order valence-electron chi connectivity index (χ2n) is 4.21. The molecule has 3 heteroatoms. The van der Waals surface area contributed by atoms with Crippen LogP contribution in [0.2, 0.25) is 0 Å². The summed E-state index contributed by atoms with van der Waals surface area (Å²) in [6, 6.07) is 7.56. The molecule has 1 unspecified atom stereocenters. The highest BCUT2D eigenvalue weighted by Crippen LogP contribution is 2.17. The van der Waals surface area contributed by atoms with Crippen LogP contribution in [0.5, 0.6) is 0 Å². The molecule has 1 atom stereocenters. The molecule has 2 rings (SSSR count). The summed E-state index contributed by atoms with van der Waals surface area (Å²) in [4.78, 5) is 12.0. The fraction of sp³-hybridized carbons (Fsp3) is 0.500. The Labute approximate surface area is 102 Å². The van der Waals surface area contributed by atoms with Crippen molar-refractivity contribution in [3.8, 4) is 0 Å². The maximum atomic E-state index is 12.0. The molecule has 0 N–H and O–H groups in total. The van der Waals surface area contributed by atoms with Gasteiger partial charge in [-0.2, -0.15) is 0 Å². The highest BCUT2D eigenvalue weighted by molar-refractivity contribution is 5.91. The van der Waals surface area contributed by atoms with Gasteiger partial charge in [-0.05, 0) is 30.9 Å². The van der Waals surface area contributed by atoms with Crippen molar-refractivity contribution >= 4 is 5.97 Å². The van der Waals surface area contributed by atoms with Crippen LogP contribution in [0.3, 0.4) is 0 Å². The first-order valence-electron chi connectivity index (χ1n) is 6.21. The van der Waals surface area contributed by atoms with E-state index in [1.54, 1.807) is 0 Å². The number of esters is 1. The lowest BCUT2D eigenvalue weighted by molar-refractivity contribution is -0.131. The minimum atomic E-state index is -0.360. The Balaban J connectivity index is 2.03. The average Bonchev–Trinajstić information content (AvgIpc) is 2.40. The van der Waals surface area contributed by atoms with Crippen LogP contribution in [-0.4, -0.2) is 18.9 Å². The minimum Gasteiger partial charge on any atom is -0.432 e. The van der Waals surface area contributed by atoms with E-state index >= 15 is 0 Å². The lowest BCUT2D eigenvalue weighted by Gasteiger charge is -2.22. The van der Waals surface area contributed by atoms with Gasteiger partial charge in [-0.1, -0.05) is 25.1 Å². The summed E-state index contributed by atoms with van der Waals surface area (Å²) in [6.45, 7) is 2.72. The molecule has 1 fully saturated rings. The van der Waals surface area contributed by atoms with Crippen LogP contribution in [0.1, 0.15) is 42.1 Å². The lowest BCUT2D eigenvalue weighted by atomic mass is 10.1. The van der Waals surface area contributed by atoms with Gasteiger partial charge < -0.3 is 9.47 Å². The molecule has 1 aliphatic heterocycles. The van der Waals surface area contributed by atoms with Crippen molar-refractivity contribution in [2.45, 2.75) is 38.9 Å².